The molecule has 1 aromatic rings. The van der Waals surface area contributed by atoms with Crippen LogP contribution in [0.3, 0.4) is 0 Å². The smallest absolute Gasteiger partial charge is 0.348 e. The minimum Gasteiger partial charge on any atom is -0.491 e. The highest BCUT2D eigenvalue weighted by molar-refractivity contribution is 6.32. The van der Waals surface area contributed by atoms with Crippen molar-refractivity contribution in [1.82, 2.24) is 0 Å². The van der Waals surface area contributed by atoms with E-state index in [0.717, 1.165) is 0 Å². The molecule has 0 aliphatic heterocycles. The van der Waals surface area contributed by atoms with Gasteiger partial charge in [-0.2, -0.15) is 5.26 Å². The molecule has 0 heterocycles. The highest BCUT2D eigenvalue weighted by Crippen LogP contribution is 2.36. The summed E-state index contributed by atoms with van der Waals surface area (Å²) >= 11 is 6.13. The molecule has 1 rings (SSSR count). The zero-order valence-corrected chi connectivity index (χ0v) is 14.0. The van der Waals surface area contributed by atoms with Gasteiger partial charge in [-0.3, -0.25) is 0 Å². The molecule has 0 aliphatic rings. The molecule has 124 valence electrons. The fourth-order valence-corrected chi connectivity index (χ4v) is 2.03. The first-order chi connectivity index (χ1) is 11.1. The lowest BCUT2D eigenvalue weighted by atomic mass is 10.1. The van der Waals surface area contributed by atoms with Crippen LogP contribution in [-0.2, 0) is 14.3 Å². The number of halogens is 1. The molecule has 7 heteroatoms. The van der Waals surface area contributed by atoms with E-state index in [0.29, 0.717) is 28.7 Å². The fraction of sp³-hybridized carbons (Fsp3) is 0.375. The molecule has 0 fully saturated rings. The van der Waals surface area contributed by atoms with Gasteiger partial charge in [-0.05, 0) is 30.7 Å². The Morgan fingerprint density at radius 2 is 2.09 bits per heavy atom. The number of rotatable bonds is 8. The molecule has 0 spiro atoms. The van der Waals surface area contributed by atoms with Crippen molar-refractivity contribution in [2.45, 2.75) is 6.92 Å². The highest BCUT2D eigenvalue weighted by atomic mass is 35.5. The van der Waals surface area contributed by atoms with Crippen LogP contribution in [-0.4, -0.2) is 40.0 Å². The van der Waals surface area contributed by atoms with Crippen LogP contribution < -0.4 is 9.47 Å². The zero-order chi connectivity index (χ0) is 17.2. The average Bonchev–Trinajstić information content (AvgIpc) is 2.53. The van der Waals surface area contributed by atoms with Gasteiger partial charge in [-0.25, -0.2) is 4.79 Å². The Morgan fingerprint density at radius 1 is 1.35 bits per heavy atom. The van der Waals surface area contributed by atoms with Crippen molar-refractivity contribution in [2.24, 2.45) is 0 Å². The number of esters is 1. The number of nitriles is 1. The third-order valence-electron chi connectivity index (χ3n) is 2.71. The standard InChI is InChI=1S/C16H18ClNO5/c1-4-22-14-9-11(8-13(17)15(14)21-3)7-12(10-18)16(19)23-6-5-20-2/h7-9H,4-6H2,1-3H3. The van der Waals surface area contributed by atoms with E-state index in [2.05, 4.69) is 0 Å². The summed E-state index contributed by atoms with van der Waals surface area (Å²) < 4.78 is 20.3. The number of benzene rings is 1. The molecule has 0 aromatic heterocycles. The van der Waals surface area contributed by atoms with E-state index >= 15 is 0 Å². The van der Waals surface area contributed by atoms with Crippen molar-refractivity contribution in [3.63, 3.8) is 0 Å². The molecule has 0 atom stereocenters. The number of ether oxygens (including phenoxy) is 4. The van der Waals surface area contributed by atoms with Gasteiger partial charge in [0, 0.05) is 7.11 Å². The molecule has 0 radical (unpaired) electrons. The predicted octanol–water partition coefficient (Wildman–Crippen LogP) is 2.84. The lowest BCUT2D eigenvalue weighted by Crippen LogP contribution is -2.11. The number of carbonyl (C=O) groups is 1. The van der Waals surface area contributed by atoms with Gasteiger partial charge in [0.25, 0.3) is 0 Å². The Bertz CT molecular complexity index is 622. The van der Waals surface area contributed by atoms with Crippen LogP contribution in [0.25, 0.3) is 6.08 Å². The van der Waals surface area contributed by atoms with Crippen LogP contribution in [0.5, 0.6) is 11.5 Å². The van der Waals surface area contributed by atoms with Crippen LogP contribution in [0, 0.1) is 11.3 Å². The Kier molecular flexibility index (Phi) is 7.95. The Hall–Kier alpha value is -2.23. The third kappa shape index (κ3) is 5.47. The Balaban J connectivity index is 3.08. The first-order valence-electron chi connectivity index (χ1n) is 6.85. The molecule has 0 N–H and O–H groups in total. The summed E-state index contributed by atoms with van der Waals surface area (Å²) in [6.45, 7) is 2.57. The molecule has 0 unspecified atom stereocenters. The van der Waals surface area contributed by atoms with Gasteiger partial charge in [0.1, 0.15) is 18.2 Å². The van der Waals surface area contributed by atoms with E-state index in [4.69, 9.17) is 35.8 Å². The lowest BCUT2D eigenvalue weighted by molar-refractivity contribution is -0.139. The molecular weight excluding hydrogens is 322 g/mol. The normalized spacial score (nSPS) is 10.8. The third-order valence-corrected chi connectivity index (χ3v) is 2.99. The minimum absolute atomic E-state index is 0.0713. The summed E-state index contributed by atoms with van der Waals surface area (Å²) in [5, 5.41) is 9.43. The van der Waals surface area contributed by atoms with E-state index in [1.54, 1.807) is 12.1 Å². The predicted molar refractivity (Wildman–Crippen MR) is 85.6 cm³/mol. The second-order valence-corrected chi connectivity index (χ2v) is 4.67. The monoisotopic (exact) mass is 339 g/mol. The zero-order valence-electron chi connectivity index (χ0n) is 13.2. The highest BCUT2D eigenvalue weighted by Gasteiger charge is 2.14. The molecule has 0 amide bonds. The first kappa shape index (κ1) is 18.8. The maximum Gasteiger partial charge on any atom is 0.348 e. The summed E-state index contributed by atoms with van der Waals surface area (Å²) in [7, 11) is 2.97. The SMILES string of the molecule is CCOc1cc(C=C(C#N)C(=O)OCCOC)cc(Cl)c1OC. The van der Waals surface area contributed by atoms with E-state index in [-0.39, 0.29) is 18.8 Å². The summed E-state index contributed by atoms with van der Waals surface area (Å²) in [4.78, 5) is 11.8. The summed E-state index contributed by atoms with van der Waals surface area (Å²) in [5.41, 5.74) is 0.379. The quantitative estimate of drug-likeness (QED) is 0.314. The summed E-state index contributed by atoms with van der Waals surface area (Å²) in [6.07, 6.45) is 1.38. The van der Waals surface area contributed by atoms with Crippen molar-refractivity contribution < 1.29 is 23.7 Å². The maximum absolute atomic E-state index is 11.8. The molecule has 0 saturated carbocycles. The van der Waals surface area contributed by atoms with Gasteiger partial charge < -0.3 is 18.9 Å². The van der Waals surface area contributed by atoms with Crippen molar-refractivity contribution in [3.8, 4) is 17.6 Å². The van der Waals surface area contributed by atoms with E-state index in [1.807, 2.05) is 13.0 Å². The van der Waals surface area contributed by atoms with Crippen LogP contribution in [0.2, 0.25) is 5.02 Å². The minimum atomic E-state index is -0.727. The van der Waals surface area contributed by atoms with Crippen molar-refractivity contribution >= 4 is 23.6 Å². The van der Waals surface area contributed by atoms with Gasteiger partial charge in [0.2, 0.25) is 0 Å². The van der Waals surface area contributed by atoms with Gasteiger partial charge >= 0.3 is 5.97 Å². The molecule has 1 aromatic carbocycles. The number of methoxy groups -OCH3 is 2. The molecule has 0 bridgehead atoms. The fourth-order valence-electron chi connectivity index (χ4n) is 1.73. The number of hydrogen-bond donors (Lipinski definition) is 0. The van der Waals surface area contributed by atoms with Gasteiger partial charge in [0.15, 0.2) is 11.5 Å². The van der Waals surface area contributed by atoms with Crippen molar-refractivity contribution in [1.29, 1.82) is 5.26 Å². The van der Waals surface area contributed by atoms with Crippen LogP contribution in [0.1, 0.15) is 12.5 Å². The van der Waals surface area contributed by atoms with Crippen LogP contribution in [0.4, 0.5) is 0 Å². The Labute approximate surface area is 140 Å². The average molecular weight is 340 g/mol. The van der Waals surface area contributed by atoms with E-state index < -0.39 is 5.97 Å². The van der Waals surface area contributed by atoms with Crippen molar-refractivity contribution in [3.05, 3.63) is 28.3 Å². The van der Waals surface area contributed by atoms with Gasteiger partial charge in [0.05, 0.1) is 25.3 Å². The van der Waals surface area contributed by atoms with Crippen LogP contribution in [0.15, 0.2) is 17.7 Å². The molecule has 0 saturated heterocycles. The molecule has 6 nitrogen and oxygen atoms in total. The topological polar surface area (TPSA) is 77.8 Å². The van der Waals surface area contributed by atoms with Gasteiger partial charge in [-0.15, -0.1) is 0 Å². The molecule has 23 heavy (non-hydrogen) atoms. The lowest BCUT2D eigenvalue weighted by Gasteiger charge is -2.12. The number of hydrogen-bond acceptors (Lipinski definition) is 6. The maximum atomic E-state index is 11.8. The first-order valence-corrected chi connectivity index (χ1v) is 7.23. The van der Waals surface area contributed by atoms with Crippen molar-refractivity contribution in [2.75, 3.05) is 34.0 Å². The second-order valence-electron chi connectivity index (χ2n) is 4.27. The van der Waals surface area contributed by atoms with Crippen LogP contribution >= 0.6 is 11.6 Å². The summed E-state index contributed by atoms with van der Waals surface area (Å²) in [5.74, 6) is 0.0973. The number of nitrogens with zero attached hydrogens (tertiary/aromatic N) is 1. The number of carbonyl (C=O) groups excluding carboxylic acids is 1. The van der Waals surface area contributed by atoms with Gasteiger partial charge in [-0.1, -0.05) is 11.6 Å². The summed E-state index contributed by atoms with van der Waals surface area (Å²) in [6, 6.07) is 5.01. The Morgan fingerprint density at radius 3 is 2.65 bits per heavy atom. The molecular formula is C16H18ClNO5. The van der Waals surface area contributed by atoms with E-state index in [1.165, 1.54) is 20.3 Å². The largest absolute Gasteiger partial charge is 0.491 e. The molecule has 0 aliphatic carbocycles. The second kappa shape index (κ2) is 9.72. The van der Waals surface area contributed by atoms with E-state index in [9.17, 15) is 4.79 Å².